The van der Waals surface area contributed by atoms with Gasteiger partial charge in [0, 0.05) is 0 Å². The van der Waals surface area contributed by atoms with Crippen molar-refractivity contribution in [1.29, 1.82) is 0 Å². The van der Waals surface area contributed by atoms with Crippen LogP contribution in [0.2, 0.25) is 0 Å². The van der Waals surface area contributed by atoms with Crippen molar-refractivity contribution in [1.82, 2.24) is 14.3 Å². The van der Waals surface area contributed by atoms with Crippen molar-refractivity contribution in [2.24, 2.45) is 0 Å². The Bertz CT molecular complexity index is 222. The third-order valence-corrected chi connectivity index (χ3v) is 2.95. The van der Waals surface area contributed by atoms with E-state index in [4.69, 9.17) is 0 Å². The van der Waals surface area contributed by atoms with Crippen molar-refractivity contribution in [3.05, 3.63) is 11.3 Å². The number of hydrogen-bond donors (Lipinski definition) is 0. The maximum atomic E-state index is 4.21. The summed E-state index contributed by atoms with van der Waals surface area (Å²) in [5, 5.41) is 1.17. The van der Waals surface area contributed by atoms with Crippen LogP contribution in [0.25, 0.3) is 0 Å². The molecular weight excluding hydrogens is 158 g/mol. The molecule has 60 valence electrons. The van der Waals surface area contributed by atoms with Crippen LogP contribution in [-0.4, -0.2) is 27.8 Å². The third-order valence-electron chi connectivity index (χ3n) is 2.18. The Labute approximate surface area is 70.2 Å². The van der Waals surface area contributed by atoms with E-state index in [0.717, 1.165) is 0 Å². The van der Waals surface area contributed by atoms with Gasteiger partial charge in [-0.05, 0) is 38.0 Å². The fraction of sp³-hybridized carbons (Fsp3) is 0.714. The van der Waals surface area contributed by atoms with Gasteiger partial charge in [0.15, 0.2) is 0 Å². The zero-order valence-electron chi connectivity index (χ0n) is 6.53. The van der Waals surface area contributed by atoms with Crippen molar-refractivity contribution < 1.29 is 0 Å². The van der Waals surface area contributed by atoms with Gasteiger partial charge in [0.1, 0.15) is 11.3 Å². The molecule has 2 heterocycles. The highest BCUT2D eigenvalue weighted by molar-refractivity contribution is 7.05. The van der Waals surface area contributed by atoms with Gasteiger partial charge in [-0.25, -0.2) is 4.98 Å². The molecule has 1 aromatic rings. The maximum absolute atomic E-state index is 4.21. The second-order valence-corrected chi connectivity index (χ2v) is 3.73. The molecule has 0 N–H and O–H groups in total. The van der Waals surface area contributed by atoms with Crippen LogP contribution in [0.4, 0.5) is 0 Å². The van der Waals surface area contributed by atoms with E-state index in [9.17, 15) is 0 Å². The second kappa shape index (κ2) is 2.87. The monoisotopic (exact) mass is 169 g/mol. The molecule has 1 aromatic heterocycles. The lowest BCUT2D eigenvalue weighted by molar-refractivity contribution is 0.316. The molecule has 2 rings (SSSR count). The number of aromatic nitrogens is 2. The molecule has 0 aliphatic carbocycles. The van der Waals surface area contributed by atoms with E-state index in [1.165, 1.54) is 35.9 Å². The Balaban J connectivity index is 2.16. The highest BCUT2D eigenvalue weighted by Crippen LogP contribution is 2.30. The molecule has 1 aliphatic heterocycles. The normalized spacial score (nSPS) is 26.1. The van der Waals surface area contributed by atoms with Gasteiger partial charge in [-0.1, -0.05) is 0 Å². The van der Waals surface area contributed by atoms with Crippen molar-refractivity contribution in [2.45, 2.75) is 18.9 Å². The predicted octanol–water partition coefficient (Wildman–Crippen LogP) is 1.30. The summed E-state index contributed by atoms with van der Waals surface area (Å²) in [5.41, 5.74) is 0. The van der Waals surface area contributed by atoms with Crippen molar-refractivity contribution in [3.63, 3.8) is 0 Å². The summed E-state index contributed by atoms with van der Waals surface area (Å²) in [6.45, 7) is 1.20. The van der Waals surface area contributed by atoms with E-state index in [-0.39, 0.29) is 0 Å². The summed E-state index contributed by atoms with van der Waals surface area (Å²) in [6, 6.07) is 0.544. The third kappa shape index (κ3) is 1.28. The molecule has 0 aromatic carbocycles. The summed E-state index contributed by atoms with van der Waals surface area (Å²) >= 11 is 1.52. The lowest BCUT2D eigenvalue weighted by Gasteiger charge is -2.15. The maximum Gasteiger partial charge on any atom is 0.130 e. The van der Waals surface area contributed by atoms with Crippen LogP contribution in [0, 0.1) is 0 Å². The Hall–Kier alpha value is -0.480. The first kappa shape index (κ1) is 7.18. The zero-order chi connectivity index (χ0) is 7.68. The molecule has 0 unspecified atom stereocenters. The number of hydrogen-bond acceptors (Lipinski definition) is 4. The molecule has 1 atom stereocenters. The molecule has 3 nitrogen and oxygen atoms in total. The van der Waals surface area contributed by atoms with Crippen molar-refractivity contribution in [3.8, 4) is 0 Å². The van der Waals surface area contributed by atoms with Crippen LogP contribution in [-0.2, 0) is 0 Å². The van der Waals surface area contributed by atoms with E-state index in [2.05, 4.69) is 21.3 Å². The highest BCUT2D eigenvalue weighted by atomic mass is 32.1. The topological polar surface area (TPSA) is 29.0 Å². The number of rotatable bonds is 1. The van der Waals surface area contributed by atoms with Gasteiger partial charge in [0.25, 0.3) is 0 Å². The van der Waals surface area contributed by atoms with Gasteiger partial charge < -0.3 is 0 Å². The predicted molar refractivity (Wildman–Crippen MR) is 44.5 cm³/mol. The van der Waals surface area contributed by atoms with Crippen LogP contribution in [0.1, 0.15) is 23.9 Å². The molecule has 11 heavy (non-hydrogen) atoms. The molecule has 1 saturated heterocycles. The largest absolute Gasteiger partial charge is 0.297 e. The van der Waals surface area contributed by atoms with E-state index in [0.29, 0.717) is 6.04 Å². The van der Waals surface area contributed by atoms with Gasteiger partial charge in [-0.15, -0.1) is 0 Å². The van der Waals surface area contributed by atoms with E-state index < -0.39 is 0 Å². The fourth-order valence-electron chi connectivity index (χ4n) is 1.55. The van der Waals surface area contributed by atoms with Crippen LogP contribution in [0.3, 0.4) is 0 Å². The Kier molecular flexibility index (Phi) is 1.87. The van der Waals surface area contributed by atoms with Crippen LogP contribution >= 0.6 is 11.5 Å². The van der Waals surface area contributed by atoms with E-state index in [1.807, 2.05) is 0 Å². The first-order valence-electron chi connectivity index (χ1n) is 3.85. The number of nitrogens with zero attached hydrogens (tertiary/aromatic N) is 3. The molecule has 4 heteroatoms. The van der Waals surface area contributed by atoms with E-state index in [1.54, 1.807) is 6.33 Å². The van der Waals surface area contributed by atoms with Crippen LogP contribution < -0.4 is 0 Å². The van der Waals surface area contributed by atoms with Gasteiger partial charge >= 0.3 is 0 Å². The van der Waals surface area contributed by atoms with Crippen molar-refractivity contribution >= 4 is 11.5 Å². The molecule has 0 bridgehead atoms. The highest BCUT2D eigenvalue weighted by Gasteiger charge is 2.24. The lowest BCUT2D eigenvalue weighted by atomic mass is 10.2. The van der Waals surface area contributed by atoms with Gasteiger partial charge in [0.05, 0.1) is 6.04 Å². The van der Waals surface area contributed by atoms with Crippen LogP contribution in [0.5, 0.6) is 0 Å². The molecule has 1 aliphatic rings. The fourth-order valence-corrected chi connectivity index (χ4v) is 2.27. The average molecular weight is 169 g/mol. The summed E-state index contributed by atoms with van der Waals surface area (Å²) in [4.78, 5) is 6.56. The summed E-state index contributed by atoms with van der Waals surface area (Å²) in [5.74, 6) is 0. The molecule has 0 radical (unpaired) electrons. The van der Waals surface area contributed by atoms with Gasteiger partial charge in [-0.3, -0.25) is 4.90 Å². The molecule has 0 saturated carbocycles. The van der Waals surface area contributed by atoms with Crippen LogP contribution in [0.15, 0.2) is 6.33 Å². The summed E-state index contributed by atoms with van der Waals surface area (Å²) in [7, 11) is 2.15. The molecule has 0 spiro atoms. The zero-order valence-corrected chi connectivity index (χ0v) is 7.34. The second-order valence-electron chi connectivity index (χ2n) is 2.92. The Morgan fingerprint density at radius 1 is 1.73 bits per heavy atom. The smallest absolute Gasteiger partial charge is 0.130 e. The van der Waals surface area contributed by atoms with Gasteiger partial charge in [-0.2, -0.15) is 4.37 Å². The standard InChI is InChI=1S/C7H11N3S/c1-10-4-2-3-6(10)7-8-5-9-11-7/h5-6H,2-4H2,1H3/t6-/m0/s1. The minimum absolute atomic E-state index is 0.544. The number of likely N-dealkylation sites (tertiary alicyclic amines) is 1. The average Bonchev–Trinajstić information content (AvgIpc) is 2.55. The Morgan fingerprint density at radius 3 is 3.18 bits per heavy atom. The van der Waals surface area contributed by atoms with Crippen molar-refractivity contribution in [2.75, 3.05) is 13.6 Å². The quantitative estimate of drug-likeness (QED) is 0.634. The SMILES string of the molecule is CN1CCC[C@H]1c1ncns1. The van der Waals surface area contributed by atoms with Gasteiger partial charge in [0.2, 0.25) is 0 Å². The summed E-state index contributed by atoms with van der Waals surface area (Å²) in [6.07, 6.45) is 4.18. The molecule has 1 fully saturated rings. The summed E-state index contributed by atoms with van der Waals surface area (Å²) < 4.78 is 4.01. The minimum atomic E-state index is 0.544. The first-order valence-corrected chi connectivity index (χ1v) is 4.62. The Morgan fingerprint density at radius 2 is 2.64 bits per heavy atom. The lowest BCUT2D eigenvalue weighted by Crippen LogP contribution is -2.17. The first-order chi connectivity index (χ1) is 5.38. The molecular formula is C7H11N3S. The van der Waals surface area contributed by atoms with E-state index >= 15 is 0 Å². The minimum Gasteiger partial charge on any atom is -0.297 e. The molecule has 0 amide bonds.